The lowest BCUT2D eigenvalue weighted by atomic mass is 10.1. The second-order valence-corrected chi connectivity index (χ2v) is 5.94. The SMILES string of the molecule is O=S(=O)(CCCCl)NCCc1ccc(F)cc1. The Morgan fingerprint density at radius 2 is 1.88 bits per heavy atom. The third-order valence-electron chi connectivity index (χ3n) is 2.20. The Morgan fingerprint density at radius 1 is 1.24 bits per heavy atom. The van der Waals surface area contributed by atoms with Gasteiger partial charge in [0.25, 0.3) is 0 Å². The molecule has 1 N–H and O–H groups in total. The molecule has 0 fully saturated rings. The van der Waals surface area contributed by atoms with Gasteiger partial charge in [-0.05, 0) is 30.5 Å². The van der Waals surface area contributed by atoms with Gasteiger partial charge in [-0.2, -0.15) is 0 Å². The van der Waals surface area contributed by atoms with E-state index in [-0.39, 0.29) is 11.6 Å². The summed E-state index contributed by atoms with van der Waals surface area (Å²) in [4.78, 5) is 0. The van der Waals surface area contributed by atoms with Crippen molar-refractivity contribution in [3.63, 3.8) is 0 Å². The van der Waals surface area contributed by atoms with Crippen molar-refractivity contribution >= 4 is 21.6 Å². The van der Waals surface area contributed by atoms with Crippen LogP contribution in [0.1, 0.15) is 12.0 Å². The van der Waals surface area contributed by atoms with E-state index in [1.54, 1.807) is 12.1 Å². The number of halogens is 2. The van der Waals surface area contributed by atoms with Crippen LogP contribution in [0.15, 0.2) is 24.3 Å². The Balaban J connectivity index is 2.34. The molecule has 6 heteroatoms. The molecule has 0 aliphatic rings. The monoisotopic (exact) mass is 279 g/mol. The van der Waals surface area contributed by atoms with Gasteiger partial charge in [0.15, 0.2) is 0 Å². The zero-order valence-corrected chi connectivity index (χ0v) is 10.9. The molecule has 3 nitrogen and oxygen atoms in total. The van der Waals surface area contributed by atoms with E-state index in [9.17, 15) is 12.8 Å². The average molecular weight is 280 g/mol. The summed E-state index contributed by atoms with van der Waals surface area (Å²) >= 11 is 5.42. The van der Waals surface area contributed by atoms with Crippen LogP contribution in [0.3, 0.4) is 0 Å². The number of rotatable bonds is 7. The molecule has 0 amide bonds. The third-order valence-corrected chi connectivity index (χ3v) is 3.93. The average Bonchev–Trinajstić information content (AvgIpc) is 2.29. The molecule has 0 aromatic heterocycles. The maximum Gasteiger partial charge on any atom is 0.211 e. The van der Waals surface area contributed by atoms with Crippen LogP contribution in [0, 0.1) is 5.82 Å². The Bertz CT molecular complexity index is 433. The molecule has 0 saturated carbocycles. The second kappa shape index (κ2) is 6.93. The lowest BCUT2D eigenvalue weighted by molar-refractivity contribution is 0.580. The lowest BCUT2D eigenvalue weighted by Crippen LogP contribution is -2.28. The topological polar surface area (TPSA) is 46.2 Å². The summed E-state index contributed by atoms with van der Waals surface area (Å²) < 4.78 is 37.9. The highest BCUT2D eigenvalue weighted by atomic mass is 35.5. The van der Waals surface area contributed by atoms with E-state index < -0.39 is 10.0 Å². The van der Waals surface area contributed by atoms with Crippen LogP contribution in [0.4, 0.5) is 4.39 Å². The van der Waals surface area contributed by atoms with Crippen LogP contribution in [0.2, 0.25) is 0 Å². The Kier molecular flexibility index (Phi) is 5.88. The fourth-order valence-electron chi connectivity index (χ4n) is 1.32. The number of benzene rings is 1. The molecule has 0 unspecified atom stereocenters. The number of hydrogen-bond acceptors (Lipinski definition) is 2. The minimum atomic E-state index is -3.23. The predicted molar refractivity (Wildman–Crippen MR) is 67.2 cm³/mol. The van der Waals surface area contributed by atoms with Gasteiger partial charge in [-0.25, -0.2) is 17.5 Å². The van der Waals surface area contributed by atoms with Crippen LogP contribution < -0.4 is 4.72 Å². The zero-order chi connectivity index (χ0) is 12.7. The predicted octanol–water partition coefficient (Wildman–Crippen LogP) is 1.92. The molecule has 0 heterocycles. The fourth-order valence-corrected chi connectivity index (χ4v) is 2.69. The molecule has 0 spiro atoms. The van der Waals surface area contributed by atoms with Crippen molar-refractivity contribution in [2.24, 2.45) is 0 Å². The molecule has 0 saturated heterocycles. The number of hydrogen-bond donors (Lipinski definition) is 1. The second-order valence-electron chi connectivity index (χ2n) is 3.63. The minimum Gasteiger partial charge on any atom is -0.215 e. The summed E-state index contributed by atoms with van der Waals surface area (Å²) in [6.07, 6.45) is 0.980. The van der Waals surface area contributed by atoms with Crippen LogP contribution in [0.5, 0.6) is 0 Å². The van der Waals surface area contributed by atoms with Crippen molar-refractivity contribution in [3.05, 3.63) is 35.6 Å². The molecule has 0 atom stereocenters. The summed E-state index contributed by atoms with van der Waals surface area (Å²) in [5.74, 6) is 0.0788. The van der Waals surface area contributed by atoms with Gasteiger partial charge >= 0.3 is 0 Å². The van der Waals surface area contributed by atoms with E-state index in [1.807, 2.05) is 0 Å². The molecule has 17 heavy (non-hydrogen) atoms. The first-order valence-electron chi connectivity index (χ1n) is 5.31. The highest BCUT2D eigenvalue weighted by Gasteiger charge is 2.08. The Hall–Kier alpha value is -0.650. The first-order chi connectivity index (χ1) is 8.03. The maximum absolute atomic E-state index is 12.6. The normalized spacial score (nSPS) is 11.6. The summed E-state index contributed by atoms with van der Waals surface area (Å²) in [7, 11) is -3.23. The molecular formula is C11H15ClFNO2S. The van der Waals surface area contributed by atoms with Crippen LogP contribution in [-0.2, 0) is 16.4 Å². The summed E-state index contributed by atoms with van der Waals surface area (Å²) in [6, 6.07) is 6.00. The van der Waals surface area contributed by atoms with E-state index in [0.717, 1.165) is 5.56 Å². The van der Waals surface area contributed by atoms with E-state index in [2.05, 4.69) is 4.72 Å². The lowest BCUT2D eigenvalue weighted by Gasteiger charge is -2.05. The van der Waals surface area contributed by atoms with Crippen molar-refractivity contribution in [1.29, 1.82) is 0 Å². The molecule has 0 bridgehead atoms. The van der Waals surface area contributed by atoms with E-state index in [0.29, 0.717) is 25.3 Å². The van der Waals surface area contributed by atoms with Crippen molar-refractivity contribution in [2.45, 2.75) is 12.8 Å². The van der Waals surface area contributed by atoms with E-state index in [1.165, 1.54) is 12.1 Å². The van der Waals surface area contributed by atoms with Gasteiger partial charge in [0.2, 0.25) is 10.0 Å². The molecule has 1 aromatic rings. The summed E-state index contributed by atoms with van der Waals surface area (Å²) in [5, 5.41) is 0. The van der Waals surface area contributed by atoms with Gasteiger partial charge < -0.3 is 0 Å². The van der Waals surface area contributed by atoms with Crippen molar-refractivity contribution in [2.75, 3.05) is 18.2 Å². The first kappa shape index (κ1) is 14.4. The van der Waals surface area contributed by atoms with Crippen molar-refractivity contribution in [3.8, 4) is 0 Å². The standard InChI is InChI=1S/C11H15ClFNO2S/c12-7-1-9-17(15,16)14-8-6-10-2-4-11(13)5-3-10/h2-5,14H,1,6-9H2. The highest BCUT2D eigenvalue weighted by molar-refractivity contribution is 7.89. The van der Waals surface area contributed by atoms with Gasteiger partial charge in [-0.3, -0.25) is 0 Å². The molecule has 0 radical (unpaired) electrons. The van der Waals surface area contributed by atoms with E-state index >= 15 is 0 Å². The Labute approximate surface area is 106 Å². The van der Waals surface area contributed by atoms with Crippen LogP contribution in [-0.4, -0.2) is 26.6 Å². The van der Waals surface area contributed by atoms with Crippen LogP contribution in [0.25, 0.3) is 0 Å². The fraction of sp³-hybridized carbons (Fsp3) is 0.455. The Morgan fingerprint density at radius 3 is 2.47 bits per heavy atom. The summed E-state index contributed by atoms with van der Waals surface area (Å²) in [6.45, 7) is 0.316. The highest BCUT2D eigenvalue weighted by Crippen LogP contribution is 2.03. The quantitative estimate of drug-likeness (QED) is 0.775. The van der Waals surface area contributed by atoms with Crippen molar-refractivity contribution in [1.82, 2.24) is 4.72 Å². The molecule has 1 aromatic carbocycles. The number of nitrogens with one attached hydrogen (secondary N) is 1. The maximum atomic E-state index is 12.6. The minimum absolute atomic E-state index is 0.0416. The third kappa shape index (κ3) is 6.00. The van der Waals surface area contributed by atoms with Gasteiger partial charge in [0.1, 0.15) is 5.82 Å². The van der Waals surface area contributed by atoms with Gasteiger partial charge in [-0.15, -0.1) is 11.6 Å². The van der Waals surface area contributed by atoms with Gasteiger partial charge in [0.05, 0.1) is 5.75 Å². The molecule has 0 aliphatic heterocycles. The van der Waals surface area contributed by atoms with Gasteiger partial charge in [-0.1, -0.05) is 12.1 Å². The van der Waals surface area contributed by atoms with E-state index in [4.69, 9.17) is 11.6 Å². The van der Waals surface area contributed by atoms with Crippen molar-refractivity contribution < 1.29 is 12.8 Å². The molecule has 1 rings (SSSR count). The molecule has 0 aliphatic carbocycles. The largest absolute Gasteiger partial charge is 0.215 e. The molecule has 96 valence electrons. The molecular weight excluding hydrogens is 265 g/mol. The number of alkyl halides is 1. The smallest absolute Gasteiger partial charge is 0.211 e. The first-order valence-corrected chi connectivity index (χ1v) is 7.50. The van der Waals surface area contributed by atoms with Gasteiger partial charge in [0, 0.05) is 12.4 Å². The van der Waals surface area contributed by atoms with Crippen LogP contribution >= 0.6 is 11.6 Å². The number of sulfonamides is 1. The summed E-state index contributed by atoms with van der Waals surface area (Å²) in [5.41, 5.74) is 0.895. The zero-order valence-electron chi connectivity index (χ0n) is 9.33.